The third-order valence-corrected chi connectivity index (χ3v) is 5.67. The maximum Gasteiger partial charge on any atom is 0.175 e. The molecular formula is C15H24N2O2S2. The highest BCUT2D eigenvalue weighted by molar-refractivity contribution is 7.99. The van der Waals surface area contributed by atoms with Gasteiger partial charge in [-0.05, 0) is 42.9 Å². The zero-order chi connectivity index (χ0) is 16.1. The molecule has 0 aliphatic rings. The monoisotopic (exact) mass is 328 g/mol. The quantitative estimate of drug-likeness (QED) is 0.332. The number of hydrogen-bond donors (Lipinski definition) is 2. The molecule has 1 aromatic rings. The summed E-state index contributed by atoms with van der Waals surface area (Å²) in [4.78, 5) is 1.43. The number of unbranched alkanes of at least 4 members (excludes halogenated alkanes) is 1. The predicted molar refractivity (Wildman–Crippen MR) is 89.8 cm³/mol. The Labute approximate surface area is 131 Å². The molecule has 1 rings (SSSR count). The van der Waals surface area contributed by atoms with Crippen molar-refractivity contribution in [3.8, 4) is 0 Å². The van der Waals surface area contributed by atoms with Crippen molar-refractivity contribution in [2.24, 2.45) is 11.1 Å². The van der Waals surface area contributed by atoms with Crippen molar-refractivity contribution in [2.45, 2.75) is 42.9 Å². The fraction of sp³-hybridized carbons (Fsp3) is 0.533. The molecule has 0 aliphatic carbocycles. The molecule has 0 heterocycles. The van der Waals surface area contributed by atoms with Crippen LogP contribution >= 0.6 is 11.8 Å². The minimum atomic E-state index is -3.11. The van der Waals surface area contributed by atoms with Gasteiger partial charge in [0, 0.05) is 16.6 Å². The Kier molecular flexibility index (Phi) is 6.28. The molecule has 0 aromatic heterocycles. The van der Waals surface area contributed by atoms with E-state index in [9.17, 15) is 8.42 Å². The van der Waals surface area contributed by atoms with Crippen LogP contribution in [0.25, 0.3) is 0 Å². The largest absolute Gasteiger partial charge is 0.387 e. The summed E-state index contributed by atoms with van der Waals surface area (Å²) in [6.07, 6.45) is 4.21. The number of nitrogens with one attached hydrogen (secondary N) is 1. The first-order valence-corrected chi connectivity index (χ1v) is 9.78. The van der Waals surface area contributed by atoms with Crippen LogP contribution in [0.15, 0.2) is 34.1 Å². The van der Waals surface area contributed by atoms with Crippen LogP contribution < -0.4 is 5.73 Å². The van der Waals surface area contributed by atoms with E-state index in [2.05, 4.69) is 0 Å². The van der Waals surface area contributed by atoms with Crippen LogP contribution in [0.4, 0.5) is 0 Å². The second-order valence-corrected chi connectivity index (χ2v) is 9.03. The molecular weight excluding hydrogens is 304 g/mol. The third kappa shape index (κ3) is 6.09. The van der Waals surface area contributed by atoms with Crippen molar-refractivity contribution in [1.82, 2.24) is 0 Å². The molecule has 0 atom stereocenters. The summed E-state index contributed by atoms with van der Waals surface area (Å²) >= 11 is 1.72. The van der Waals surface area contributed by atoms with Crippen molar-refractivity contribution in [2.75, 3.05) is 12.0 Å². The number of sulfone groups is 1. The summed E-state index contributed by atoms with van der Waals surface area (Å²) in [5.41, 5.74) is 5.33. The van der Waals surface area contributed by atoms with Crippen LogP contribution in [0.3, 0.4) is 0 Å². The summed E-state index contributed by atoms with van der Waals surface area (Å²) in [6, 6.07) is 6.99. The Morgan fingerprint density at radius 2 is 1.81 bits per heavy atom. The van der Waals surface area contributed by atoms with Gasteiger partial charge in [0.05, 0.1) is 10.7 Å². The van der Waals surface area contributed by atoms with Gasteiger partial charge in [-0.2, -0.15) is 0 Å². The summed E-state index contributed by atoms with van der Waals surface area (Å²) in [5, 5.41) is 7.51. The molecule has 0 radical (unpaired) electrons. The Hall–Kier alpha value is -1.01. The molecule has 4 nitrogen and oxygen atoms in total. The molecule has 3 N–H and O–H groups in total. The lowest BCUT2D eigenvalue weighted by Gasteiger charge is -2.22. The fourth-order valence-electron chi connectivity index (χ4n) is 1.78. The molecule has 1 aromatic carbocycles. The number of rotatable bonds is 8. The molecule has 0 amide bonds. The number of thioether (sulfide) groups is 1. The maximum absolute atomic E-state index is 11.4. The van der Waals surface area contributed by atoms with Gasteiger partial charge in [0.15, 0.2) is 9.84 Å². The summed E-state index contributed by atoms with van der Waals surface area (Å²) in [7, 11) is -3.11. The van der Waals surface area contributed by atoms with E-state index >= 15 is 0 Å². The molecule has 21 heavy (non-hydrogen) atoms. The van der Waals surface area contributed by atoms with Crippen molar-refractivity contribution in [3.63, 3.8) is 0 Å². The average Bonchev–Trinajstić information content (AvgIpc) is 2.37. The van der Waals surface area contributed by atoms with E-state index in [1.54, 1.807) is 23.9 Å². The Morgan fingerprint density at radius 3 is 2.29 bits per heavy atom. The van der Waals surface area contributed by atoms with Gasteiger partial charge in [-0.1, -0.05) is 20.3 Å². The van der Waals surface area contributed by atoms with E-state index < -0.39 is 9.84 Å². The number of benzene rings is 1. The Balaban J connectivity index is 2.35. The van der Waals surface area contributed by atoms with E-state index in [1.165, 1.54) is 6.26 Å². The smallest absolute Gasteiger partial charge is 0.175 e. The predicted octanol–water partition coefficient (Wildman–Crippen LogP) is 3.31. The van der Waals surface area contributed by atoms with Crippen LogP contribution in [0, 0.1) is 10.8 Å². The van der Waals surface area contributed by atoms with E-state index in [0.717, 1.165) is 29.9 Å². The Morgan fingerprint density at radius 1 is 1.24 bits per heavy atom. The van der Waals surface area contributed by atoms with Crippen molar-refractivity contribution >= 4 is 27.4 Å². The van der Waals surface area contributed by atoms with Crippen molar-refractivity contribution in [1.29, 1.82) is 5.41 Å². The minimum Gasteiger partial charge on any atom is -0.387 e. The van der Waals surface area contributed by atoms with Gasteiger partial charge in [0.25, 0.3) is 0 Å². The lowest BCUT2D eigenvalue weighted by molar-refractivity contribution is 0.448. The standard InChI is InChI=1S/C15H24N2O2S2/c1-15(2,14(16)17)10-4-5-11-20-12-6-8-13(9-7-12)21(3,18)19/h6-9H,4-5,10-11H2,1-3H3,(H3,16,17). The van der Waals surface area contributed by atoms with Gasteiger partial charge >= 0.3 is 0 Å². The molecule has 0 bridgehead atoms. The van der Waals surface area contributed by atoms with Crippen LogP contribution in [-0.2, 0) is 9.84 Å². The first-order valence-electron chi connectivity index (χ1n) is 6.90. The summed E-state index contributed by atoms with van der Waals surface area (Å²) < 4.78 is 22.7. The van der Waals surface area contributed by atoms with Crippen LogP contribution in [-0.4, -0.2) is 26.3 Å². The van der Waals surface area contributed by atoms with Gasteiger partial charge in [0.2, 0.25) is 0 Å². The maximum atomic E-state index is 11.4. The van der Waals surface area contributed by atoms with Crippen molar-refractivity contribution in [3.05, 3.63) is 24.3 Å². The highest BCUT2D eigenvalue weighted by atomic mass is 32.2. The highest BCUT2D eigenvalue weighted by Crippen LogP contribution is 2.25. The molecule has 0 spiro atoms. The van der Waals surface area contributed by atoms with E-state index in [4.69, 9.17) is 11.1 Å². The minimum absolute atomic E-state index is 0.220. The van der Waals surface area contributed by atoms with Gasteiger partial charge < -0.3 is 5.73 Å². The molecule has 6 heteroatoms. The van der Waals surface area contributed by atoms with Gasteiger partial charge in [-0.3, -0.25) is 5.41 Å². The average molecular weight is 329 g/mol. The van der Waals surface area contributed by atoms with E-state index in [1.807, 2.05) is 26.0 Å². The molecule has 0 saturated carbocycles. The second-order valence-electron chi connectivity index (χ2n) is 5.85. The zero-order valence-electron chi connectivity index (χ0n) is 12.8. The molecule has 0 saturated heterocycles. The van der Waals surface area contributed by atoms with Crippen molar-refractivity contribution < 1.29 is 8.42 Å². The van der Waals surface area contributed by atoms with E-state index in [-0.39, 0.29) is 11.3 Å². The topological polar surface area (TPSA) is 84.0 Å². The lowest BCUT2D eigenvalue weighted by Crippen LogP contribution is -2.30. The molecule has 118 valence electrons. The highest BCUT2D eigenvalue weighted by Gasteiger charge is 2.20. The zero-order valence-corrected chi connectivity index (χ0v) is 14.5. The molecule has 0 aliphatic heterocycles. The third-order valence-electron chi connectivity index (χ3n) is 3.45. The van der Waals surface area contributed by atoms with Gasteiger partial charge in [-0.25, -0.2) is 8.42 Å². The fourth-order valence-corrected chi connectivity index (χ4v) is 3.32. The second kappa shape index (κ2) is 7.31. The van der Waals surface area contributed by atoms with E-state index in [0.29, 0.717) is 4.90 Å². The van der Waals surface area contributed by atoms with Crippen LogP contribution in [0.5, 0.6) is 0 Å². The first kappa shape index (κ1) is 18.0. The van der Waals surface area contributed by atoms with Gasteiger partial charge in [0.1, 0.15) is 0 Å². The first-order chi connectivity index (χ1) is 9.63. The normalized spacial score (nSPS) is 12.3. The van der Waals surface area contributed by atoms with Crippen LogP contribution in [0.2, 0.25) is 0 Å². The number of hydrogen-bond acceptors (Lipinski definition) is 4. The lowest BCUT2D eigenvalue weighted by atomic mass is 9.86. The summed E-state index contributed by atoms with van der Waals surface area (Å²) in [5.74, 6) is 1.22. The number of amidine groups is 1. The molecule has 0 unspecified atom stereocenters. The molecule has 0 fully saturated rings. The number of nitrogens with two attached hydrogens (primary N) is 1. The summed E-state index contributed by atoms with van der Waals surface area (Å²) in [6.45, 7) is 3.98. The Bertz CT molecular complexity index is 578. The van der Waals surface area contributed by atoms with Crippen LogP contribution in [0.1, 0.15) is 33.1 Å². The SMILES string of the molecule is CC(C)(CCCCSc1ccc(S(C)(=O)=O)cc1)C(=N)N. The van der Waals surface area contributed by atoms with Gasteiger partial charge in [-0.15, -0.1) is 11.8 Å².